The number of allylic oxidation sites excluding steroid dienone is 4. The number of esters is 2. The van der Waals surface area contributed by atoms with E-state index in [1.165, 1.54) is 77.0 Å². The zero-order chi connectivity index (χ0) is 43.5. The Labute approximate surface area is 386 Å². The number of amides is 1. The average molecular weight is 880 g/mol. The Kier molecular flexibility index (Phi) is 45.9. The molecule has 2 atom stereocenters. The predicted molar refractivity (Wildman–Crippen MR) is 234 cm³/mol. The third kappa shape index (κ3) is 46.0. The molecule has 0 aromatic carbocycles. The first-order valence-electron chi connectivity index (χ1n) is 23.3. The molecule has 0 heterocycles. The second kappa shape index (κ2) is 45.5. The van der Waals surface area contributed by atoms with E-state index >= 15 is 0 Å². The van der Waals surface area contributed by atoms with E-state index in [0.717, 1.165) is 77.0 Å². The third-order valence-corrected chi connectivity index (χ3v) is 10.9. The quantitative estimate of drug-likeness (QED) is 0.0198. The van der Waals surface area contributed by atoms with Crippen molar-refractivity contribution in [1.29, 1.82) is 0 Å². The molecule has 0 spiro atoms. The van der Waals surface area contributed by atoms with Crippen molar-refractivity contribution in [2.45, 2.75) is 219 Å². The number of carboxylic acids is 1. The Morgan fingerprint density at radius 1 is 0.567 bits per heavy atom. The number of rotatable bonds is 44. The van der Waals surface area contributed by atoms with Gasteiger partial charge in [-0.05, 0) is 70.6 Å². The van der Waals surface area contributed by atoms with Crippen molar-refractivity contribution in [2.75, 3.05) is 26.4 Å². The molecular formula is C46H83NNaO11P. The van der Waals surface area contributed by atoms with Crippen LogP contribution in [0.5, 0.6) is 0 Å². The van der Waals surface area contributed by atoms with Crippen molar-refractivity contribution in [1.82, 2.24) is 5.32 Å². The van der Waals surface area contributed by atoms with Gasteiger partial charge in [0.15, 0.2) is 6.10 Å². The van der Waals surface area contributed by atoms with Gasteiger partial charge in [-0.15, -0.1) is 0 Å². The molecule has 1 amide bonds. The van der Waals surface area contributed by atoms with Gasteiger partial charge in [-0.3, -0.25) is 23.7 Å². The molecule has 0 aromatic heterocycles. The van der Waals surface area contributed by atoms with Crippen molar-refractivity contribution in [3.63, 3.8) is 0 Å². The van der Waals surface area contributed by atoms with Crippen LogP contribution in [0.3, 0.4) is 0 Å². The Bertz CT molecular complexity index is 1150. The molecule has 0 radical (unpaired) electrons. The number of carbonyl (C=O) groups excluding carboxylic acids is 3. The molecule has 60 heavy (non-hydrogen) atoms. The molecule has 0 aliphatic heterocycles. The normalized spacial score (nSPS) is 12.9. The van der Waals surface area contributed by atoms with Crippen LogP contribution in [0, 0.1) is 0 Å². The minimum Gasteiger partial charge on any atom is -0.756 e. The monoisotopic (exact) mass is 880 g/mol. The third-order valence-electron chi connectivity index (χ3n) is 9.90. The summed E-state index contributed by atoms with van der Waals surface area (Å²) in [6.07, 6.45) is 38.0. The zero-order valence-electron chi connectivity index (χ0n) is 38.1. The second-order valence-electron chi connectivity index (χ2n) is 15.6. The number of carboxylic acid groups (broad SMARTS) is 1. The molecule has 0 aliphatic carbocycles. The molecule has 0 aliphatic rings. The Balaban J connectivity index is 0. The fourth-order valence-electron chi connectivity index (χ4n) is 6.35. The number of phosphoric acid groups is 1. The van der Waals surface area contributed by atoms with E-state index in [2.05, 4.69) is 43.5 Å². The maximum atomic E-state index is 12.7. The van der Waals surface area contributed by atoms with Gasteiger partial charge in [0.25, 0.3) is 7.82 Å². The van der Waals surface area contributed by atoms with Gasteiger partial charge >= 0.3 is 47.5 Å². The van der Waals surface area contributed by atoms with Gasteiger partial charge in [-0.1, -0.05) is 141 Å². The van der Waals surface area contributed by atoms with E-state index in [0.29, 0.717) is 12.8 Å². The van der Waals surface area contributed by atoms with Gasteiger partial charge in [0.2, 0.25) is 5.91 Å². The van der Waals surface area contributed by atoms with Crippen molar-refractivity contribution in [3.05, 3.63) is 24.3 Å². The molecule has 0 saturated heterocycles. The molecule has 0 rings (SSSR count). The summed E-state index contributed by atoms with van der Waals surface area (Å²) in [5.74, 6) is -2.43. The molecule has 0 fully saturated rings. The van der Waals surface area contributed by atoms with E-state index in [4.69, 9.17) is 23.6 Å². The zero-order valence-corrected chi connectivity index (χ0v) is 41.0. The van der Waals surface area contributed by atoms with Crippen LogP contribution in [0.25, 0.3) is 0 Å². The largest absolute Gasteiger partial charge is 1.00 e. The number of ether oxygens (including phenoxy) is 2. The number of carbonyl (C=O) groups is 4. The van der Waals surface area contributed by atoms with Crippen molar-refractivity contribution < 1.29 is 81.8 Å². The number of nitrogens with one attached hydrogen (secondary N) is 1. The topological polar surface area (TPSA) is 178 Å². The molecule has 0 saturated carbocycles. The van der Waals surface area contributed by atoms with Crippen LogP contribution in [-0.4, -0.2) is 61.4 Å². The number of aliphatic carboxylic acids is 1. The number of unbranched alkanes of at least 4 members (excludes halogenated alkanes) is 22. The number of hydrogen-bond donors (Lipinski definition) is 2. The van der Waals surface area contributed by atoms with Crippen LogP contribution in [0.2, 0.25) is 0 Å². The fraction of sp³-hybridized carbons (Fsp3) is 0.826. The van der Waals surface area contributed by atoms with Crippen LogP contribution in [0.1, 0.15) is 213 Å². The van der Waals surface area contributed by atoms with Crippen LogP contribution >= 0.6 is 7.82 Å². The maximum absolute atomic E-state index is 12.7. The predicted octanol–water partition coefficient (Wildman–Crippen LogP) is 8.39. The van der Waals surface area contributed by atoms with Crippen molar-refractivity contribution in [2.24, 2.45) is 0 Å². The average Bonchev–Trinajstić information content (AvgIpc) is 3.20. The summed E-state index contributed by atoms with van der Waals surface area (Å²) in [6.45, 7) is 2.98. The van der Waals surface area contributed by atoms with E-state index < -0.39 is 51.0 Å². The SMILES string of the molecule is CCCCCCCC/C=C/CCCCCCCC(=O)OC[C@H](COP(=O)([O-])OCCNC(=O)CCCC(=O)O)OC(=O)CCCCCCC/C=C/CCCCCCCC.[Na+]. The second-order valence-corrected chi connectivity index (χ2v) is 17.0. The van der Waals surface area contributed by atoms with E-state index in [9.17, 15) is 28.6 Å². The minimum absolute atomic E-state index is 0. The fourth-order valence-corrected chi connectivity index (χ4v) is 7.09. The van der Waals surface area contributed by atoms with Gasteiger partial charge in [0.1, 0.15) is 6.61 Å². The van der Waals surface area contributed by atoms with Gasteiger partial charge < -0.3 is 33.8 Å². The molecule has 2 N–H and O–H groups in total. The number of phosphoric ester groups is 1. The van der Waals surface area contributed by atoms with Crippen LogP contribution in [0.4, 0.5) is 0 Å². The molecule has 0 bridgehead atoms. The molecule has 1 unspecified atom stereocenters. The van der Waals surface area contributed by atoms with Crippen molar-refractivity contribution in [3.8, 4) is 0 Å². The van der Waals surface area contributed by atoms with E-state index in [-0.39, 0.29) is 74.8 Å². The summed E-state index contributed by atoms with van der Waals surface area (Å²) in [4.78, 5) is 60.0. The van der Waals surface area contributed by atoms with Gasteiger partial charge in [-0.2, -0.15) is 0 Å². The molecular weight excluding hydrogens is 796 g/mol. The smallest absolute Gasteiger partial charge is 0.756 e. The standard InChI is InChI=1S/C46H84NO11P.Na/c1-3-5-7-9-11-13-15-17-19-21-23-25-27-29-31-36-45(51)55-40-42(41-57-59(53,54)56-39-38-47-43(48)34-33-35-44(49)50)58-46(52)37-32-30-28-26-24-22-20-18-16-14-12-10-8-6-4-2;/h17-20,42H,3-16,21-41H2,1-2H3,(H,47,48)(H,49,50)(H,53,54);/q;+1/p-1/b19-17+,20-18+;/t42-;/m1./s1. The van der Waals surface area contributed by atoms with E-state index in [1.54, 1.807) is 0 Å². The number of hydrogen-bond acceptors (Lipinski definition) is 10. The first-order chi connectivity index (χ1) is 28.6. The Morgan fingerprint density at radius 3 is 1.47 bits per heavy atom. The van der Waals surface area contributed by atoms with Gasteiger partial charge in [0, 0.05) is 32.2 Å². The van der Waals surface area contributed by atoms with Gasteiger partial charge in [0.05, 0.1) is 13.2 Å². The molecule has 12 nitrogen and oxygen atoms in total. The van der Waals surface area contributed by atoms with Crippen LogP contribution in [-0.2, 0) is 42.3 Å². The Morgan fingerprint density at radius 2 is 1.00 bits per heavy atom. The van der Waals surface area contributed by atoms with Crippen LogP contribution < -0.4 is 39.8 Å². The van der Waals surface area contributed by atoms with E-state index in [1.807, 2.05) is 0 Å². The minimum atomic E-state index is -4.85. The Hall–Kier alpha value is -1.53. The first kappa shape index (κ1) is 60.6. The summed E-state index contributed by atoms with van der Waals surface area (Å²) < 4.78 is 33.0. The van der Waals surface area contributed by atoms with Crippen molar-refractivity contribution >= 4 is 31.6 Å². The summed E-state index contributed by atoms with van der Waals surface area (Å²) in [5.41, 5.74) is 0. The van der Waals surface area contributed by atoms with Crippen LogP contribution in [0.15, 0.2) is 24.3 Å². The summed E-state index contributed by atoms with van der Waals surface area (Å²) in [6, 6.07) is 0. The molecule has 344 valence electrons. The first-order valence-corrected chi connectivity index (χ1v) is 24.8. The van der Waals surface area contributed by atoms with Gasteiger partial charge in [-0.25, -0.2) is 0 Å². The maximum Gasteiger partial charge on any atom is 1.00 e. The molecule has 14 heteroatoms. The molecule has 0 aromatic rings. The summed E-state index contributed by atoms with van der Waals surface area (Å²) >= 11 is 0. The summed E-state index contributed by atoms with van der Waals surface area (Å²) in [7, 11) is -4.85. The summed E-state index contributed by atoms with van der Waals surface area (Å²) in [5, 5.41) is 11.1.